The van der Waals surface area contributed by atoms with E-state index in [9.17, 15) is 4.79 Å². The van der Waals surface area contributed by atoms with Crippen molar-refractivity contribution < 1.29 is 9.53 Å². The molecule has 6 nitrogen and oxygen atoms in total. The van der Waals surface area contributed by atoms with E-state index < -0.39 is 0 Å². The van der Waals surface area contributed by atoms with Gasteiger partial charge in [-0.3, -0.25) is 14.7 Å². The van der Waals surface area contributed by atoms with Crippen molar-refractivity contribution in [3.8, 4) is 0 Å². The Bertz CT molecular complexity index is 656. The van der Waals surface area contributed by atoms with E-state index in [2.05, 4.69) is 14.9 Å². The van der Waals surface area contributed by atoms with Crippen LogP contribution in [0.2, 0.25) is 0 Å². The van der Waals surface area contributed by atoms with Gasteiger partial charge in [0.2, 0.25) is 0 Å². The number of carbonyl (C=O) groups excluding carboxylic acids is 1. The van der Waals surface area contributed by atoms with E-state index >= 15 is 0 Å². The second-order valence-corrected chi connectivity index (χ2v) is 6.79. The Morgan fingerprint density at radius 1 is 1.33 bits per heavy atom. The highest BCUT2D eigenvalue weighted by Gasteiger charge is 2.17. The van der Waals surface area contributed by atoms with E-state index in [-0.39, 0.29) is 5.91 Å². The van der Waals surface area contributed by atoms with Gasteiger partial charge >= 0.3 is 0 Å². The molecule has 1 amide bonds. The molecule has 3 heterocycles. The van der Waals surface area contributed by atoms with Gasteiger partial charge in [-0.15, -0.1) is 11.3 Å². The van der Waals surface area contributed by atoms with Crippen molar-refractivity contribution in [2.75, 3.05) is 39.9 Å². The minimum absolute atomic E-state index is 0.0199. The third-order valence-corrected chi connectivity index (χ3v) is 4.90. The Kier molecular flexibility index (Phi) is 5.90. The number of nitrogens with zero attached hydrogens (tertiary/aromatic N) is 4. The number of carbonyl (C=O) groups is 1. The SMILES string of the molecule is CN(CCc1ccncc1)C(=O)c1csc(CN2CCOCC2)n1. The lowest BCUT2D eigenvalue weighted by Crippen LogP contribution is -2.35. The van der Waals surface area contributed by atoms with Crippen molar-refractivity contribution >= 4 is 17.2 Å². The lowest BCUT2D eigenvalue weighted by Gasteiger charge is -2.25. The number of morpholine rings is 1. The summed E-state index contributed by atoms with van der Waals surface area (Å²) in [5, 5.41) is 2.85. The zero-order chi connectivity index (χ0) is 16.8. The molecule has 0 aliphatic carbocycles. The number of rotatable bonds is 6. The molecule has 0 saturated carbocycles. The molecule has 0 atom stereocenters. The van der Waals surface area contributed by atoms with Crippen molar-refractivity contribution in [3.05, 3.63) is 46.2 Å². The van der Waals surface area contributed by atoms with E-state index in [0.717, 1.165) is 44.3 Å². The van der Waals surface area contributed by atoms with E-state index in [4.69, 9.17) is 4.74 Å². The second-order valence-electron chi connectivity index (χ2n) is 5.85. The number of likely N-dealkylation sites (N-methyl/N-ethyl adjacent to an activating group) is 1. The van der Waals surface area contributed by atoms with Crippen LogP contribution in [-0.2, 0) is 17.7 Å². The van der Waals surface area contributed by atoms with Gasteiger partial charge in [-0.05, 0) is 24.1 Å². The first-order chi connectivity index (χ1) is 11.7. The molecule has 0 aromatic carbocycles. The maximum absolute atomic E-state index is 12.5. The van der Waals surface area contributed by atoms with Gasteiger partial charge < -0.3 is 9.64 Å². The smallest absolute Gasteiger partial charge is 0.273 e. The molecule has 7 heteroatoms. The van der Waals surface area contributed by atoms with Gasteiger partial charge in [0.1, 0.15) is 10.7 Å². The molecule has 0 radical (unpaired) electrons. The quantitative estimate of drug-likeness (QED) is 0.797. The van der Waals surface area contributed by atoms with Crippen LogP contribution in [0.15, 0.2) is 29.9 Å². The van der Waals surface area contributed by atoms with Crippen LogP contribution in [-0.4, -0.2) is 65.6 Å². The first-order valence-corrected chi connectivity index (χ1v) is 8.99. The fourth-order valence-corrected chi connectivity index (χ4v) is 3.39. The van der Waals surface area contributed by atoms with Gasteiger partial charge in [0, 0.05) is 44.5 Å². The summed E-state index contributed by atoms with van der Waals surface area (Å²) in [6, 6.07) is 3.95. The monoisotopic (exact) mass is 346 g/mol. The molecule has 0 unspecified atom stereocenters. The Morgan fingerprint density at radius 2 is 2.08 bits per heavy atom. The lowest BCUT2D eigenvalue weighted by molar-refractivity contribution is 0.0341. The highest BCUT2D eigenvalue weighted by atomic mass is 32.1. The van der Waals surface area contributed by atoms with Gasteiger partial charge in [0.05, 0.1) is 19.8 Å². The average Bonchev–Trinajstić information content (AvgIpc) is 3.09. The van der Waals surface area contributed by atoms with Crippen LogP contribution in [0.3, 0.4) is 0 Å². The fraction of sp³-hybridized carbons (Fsp3) is 0.471. The molecule has 1 saturated heterocycles. The number of amides is 1. The summed E-state index contributed by atoms with van der Waals surface area (Å²) in [7, 11) is 1.82. The van der Waals surface area contributed by atoms with Crippen molar-refractivity contribution in [1.82, 2.24) is 19.8 Å². The number of aromatic nitrogens is 2. The molecule has 1 aliphatic heterocycles. The topological polar surface area (TPSA) is 58.6 Å². The fourth-order valence-electron chi connectivity index (χ4n) is 2.58. The molecule has 0 spiro atoms. The Balaban J connectivity index is 1.52. The zero-order valence-electron chi connectivity index (χ0n) is 13.9. The van der Waals surface area contributed by atoms with Crippen molar-refractivity contribution in [2.24, 2.45) is 0 Å². The average molecular weight is 346 g/mol. The summed E-state index contributed by atoms with van der Waals surface area (Å²) >= 11 is 1.55. The minimum atomic E-state index is -0.0199. The molecular weight excluding hydrogens is 324 g/mol. The summed E-state index contributed by atoms with van der Waals surface area (Å²) in [5.74, 6) is -0.0199. The highest BCUT2D eigenvalue weighted by molar-refractivity contribution is 7.09. The van der Waals surface area contributed by atoms with Crippen molar-refractivity contribution in [1.29, 1.82) is 0 Å². The third-order valence-electron chi connectivity index (χ3n) is 4.07. The van der Waals surface area contributed by atoms with Gasteiger partial charge in [-0.2, -0.15) is 0 Å². The molecule has 0 N–H and O–H groups in total. The van der Waals surface area contributed by atoms with Crippen LogP contribution in [0.1, 0.15) is 21.1 Å². The molecule has 2 aromatic rings. The lowest BCUT2D eigenvalue weighted by atomic mass is 10.2. The minimum Gasteiger partial charge on any atom is -0.379 e. The van der Waals surface area contributed by atoms with Crippen LogP contribution in [0.25, 0.3) is 0 Å². The van der Waals surface area contributed by atoms with Crippen LogP contribution in [0.4, 0.5) is 0 Å². The maximum atomic E-state index is 12.5. The number of ether oxygens (including phenoxy) is 1. The van der Waals surface area contributed by atoms with Crippen LogP contribution in [0, 0.1) is 0 Å². The molecular formula is C17H22N4O2S. The number of hydrogen-bond donors (Lipinski definition) is 0. The van der Waals surface area contributed by atoms with E-state index in [1.54, 1.807) is 28.6 Å². The number of pyridine rings is 1. The Labute approximate surface area is 146 Å². The highest BCUT2D eigenvalue weighted by Crippen LogP contribution is 2.15. The summed E-state index contributed by atoms with van der Waals surface area (Å²) in [6.07, 6.45) is 4.36. The molecule has 3 rings (SSSR count). The normalized spacial score (nSPS) is 15.4. The maximum Gasteiger partial charge on any atom is 0.273 e. The predicted molar refractivity (Wildman–Crippen MR) is 93.1 cm³/mol. The molecule has 0 bridgehead atoms. The largest absolute Gasteiger partial charge is 0.379 e. The molecule has 1 fully saturated rings. The second kappa shape index (κ2) is 8.32. The van der Waals surface area contributed by atoms with E-state index in [0.29, 0.717) is 12.2 Å². The molecule has 128 valence electrons. The summed E-state index contributed by atoms with van der Waals surface area (Å²) < 4.78 is 5.35. The van der Waals surface area contributed by atoms with Gasteiger partial charge in [0.15, 0.2) is 0 Å². The standard InChI is InChI=1S/C17H22N4O2S/c1-20(7-4-14-2-5-18-6-3-14)17(22)15-13-24-16(19-15)12-21-8-10-23-11-9-21/h2-3,5-6,13H,4,7-12H2,1H3. The zero-order valence-corrected chi connectivity index (χ0v) is 14.7. The van der Waals surface area contributed by atoms with Gasteiger partial charge in [-0.25, -0.2) is 4.98 Å². The summed E-state index contributed by atoms with van der Waals surface area (Å²) in [6.45, 7) is 4.86. The van der Waals surface area contributed by atoms with Crippen molar-refractivity contribution in [2.45, 2.75) is 13.0 Å². The van der Waals surface area contributed by atoms with E-state index in [1.165, 1.54) is 5.56 Å². The Hall–Kier alpha value is -1.83. The van der Waals surface area contributed by atoms with Crippen molar-refractivity contribution in [3.63, 3.8) is 0 Å². The first-order valence-electron chi connectivity index (χ1n) is 8.11. The van der Waals surface area contributed by atoms with Gasteiger partial charge in [0.25, 0.3) is 5.91 Å². The Morgan fingerprint density at radius 3 is 2.83 bits per heavy atom. The van der Waals surface area contributed by atoms with Crippen LogP contribution >= 0.6 is 11.3 Å². The molecule has 24 heavy (non-hydrogen) atoms. The van der Waals surface area contributed by atoms with Gasteiger partial charge in [-0.1, -0.05) is 0 Å². The molecule has 2 aromatic heterocycles. The summed E-state index contributed by atoms with van der Waals surface area (Å²) in [4.78, 5) is 25.1. The number of thiazole rings is 1. The van der Waals surface area contributed by atoms with Crippen LogP contribution < -0.4 is 0 Å². The number of hydrogen-bond acceptors (Lipinski definition) is 6. The van der Waals surface area contributed by atoms with E-state index in [1.807, 2.05) is 24.6 Å². The first kappa shape index (κ1) is 17.0. The predicted octanol–water partition coefficient (Wildman–Crippen LogP) is 1.69. The molecule has 1 aliphatic rings. The third kappa shape index (κ3) is 4.59. The van der Waals surface area contributed by atoms with Crippen LogP contribution in [0.5, 0.6) is 0 Å². The summed E-state index contributed by atoms with van der Waals surface area (Å²) in [5.41, 5.74) is 1.72.